The van der Waals surface area contributed by atoms with E-state index in [1.54, 1.807) is 30.3 Å². The molecule has 0 radical (unpaired) electrons. The van der Waals surface area contributed by atoms with Gasteiger partial charge in [0.05, 0.1) is 11.7 Å². The zero-order chi connectivity index (χ0) is 19.1. The molecule has 0 bridgehead atoms. The highest BCUT2D eigenvalue weighted by Gasteiger charge is 2.66. The highest BCUT2D eigenvalue weighted by atomic mass is 35.5. The molecule has 0 saturated carbocycles. The van der Waals surface area contributed by atoms with Gasteiger partial charge in [-0.3, -0.25) is 4.90 Å². The van der Waals surface area contributed by atoms with Crippen LogP contribution in [-0.2, 0) is 10.5 Å². The highest BCUT2D eigenvalue weighted by molar-refractivity contribution is 6.30. The van der Waals surface area contributed by atoms with Gasteiger partial charge in [0, 0.05) is 17.7 Å². The lowest BCUT2D eigenvalue weighted by Crippen LogP contribution is -2.63. The van der Waals surface area contributed by atoms with Gasteiger partial charge in [-0.15, -0.1) is 0 Å². The number of carbonyl (C=O) groups is 1. The maximum Gasteiger partial charge on any atom is 0.441 e. The number of hydrogen-bond donors (Lipinski definition) is 1. The molecule has 1 unspecified atom stereocenters. The van der Waals surface area contributed by atoms with Crippen molar-refractivity contribution in [1.29, 1.82) is 0 Å². The van der Waals surface area contributed by atoms with Gasteiger partial charge < -0.3 is 10.1 Å². The molecule has 1 N–H and O–H groups in total. The molecule has 0 saturated heterocycles. The number of anilines is 1. The predicted octanol–water partition coefficient (Wildman–Crippen LogP) is 5.31. The lowest BCUT2D eigenvalue weighted by atomic mass is 9.92. The summed E-state index contributed by atoms with van der Waals surface area (Å²) >= 11 is 5.94. The highest BCUT2D eigenvalue weighted by Crippen LogP contribution is 2.52. The normalized spacial score (nSPS) is 21.2. The number of ether oxygens (including phenoxy) is 1. The third-order valence-corrected chi connectivity index (χ3v) is 4.73. The number of benzene rings is 2. The van der Waals surface area contributed by atoms with Crippen molar-refractivity contribution in [2.75, 3.05) is 12.4 Å². The third kappa shape index (κ3) is 2.71. The van der Waals surface area contributed by atoms with Crippen LogP contribution in [0, 0.1) is 0 Å². The molecule has 0 aliphatic carbocycles. The van der Waals surface area contributed by atoms with Gasteiger partial charge in [-0.1, -0.05) is 41.9 Å². The molecular formula is C18H16ClF3N2O2. The zero-order valence-corrected chi connectivity index (χ0v) is 14.7. The van der Waals surface area contributed by atoms with E-state index in [0.717, 1.165) is 13.2 Å². The first-order valence-corrected chi connectivity index (χ1v) is 8.17. The summed E-state index contributed by atoms with van der Waals surface area (Å²) in [5, 5.41) is 2.61. The molecule has 26 heavy (non-hydrogen) atoms. The largest absolute Gasteiger partial charge is 0.441 e. The summed E-state index contributed by atoms with van der Waals surface area (Å²) in [5.74, 6) is 0. The monoisotopic (exact) mass is 384 g/mol. The van der Waals surface area contributed by atoms with Crippen LogP contribution in [0.15, 0.2) is 48.5 Å². The third-order valence-electron chi connectivity index (χ3n) is 4.50. The number of amides is 2. The second-order valence-electron chi connectivity index (χ2n) is 5.92. The van der Waals surface area contributed by atoms with Crippen molar-refractivity contribution in [2.45, 2.75) is 24.9 Å². The fraction of sp³-hybridized carbons (Fsp3) is 0.278. The molecule has 1 heterocycles. The van der Waals surface area contributed by atoms with Crippen LogP contribution in [0.4, 0.5) is 23.7 Å². The predicted molar refractivity (Wildman–Crippen MR) is 91.9 cm³/mol. The lowest BCUT2D eigenvalue weighted by molar-refractivity contribution is -0.328. The molecule has 8 heteroatoms. The van der Waals surface area contributed by atoms with Crippen LogP contribution in [0.5, 0.6) is 0 Å². The summed E-state index contributed by atoms with van der Waals surface area (Å²) < 4.78 is 48.0. The van der Waals surface area contributed by atoms with Crippen molar-refractivity contribution < 1.29 is 22.7 Å². The molecule has 0 fully saturated rings. The molecule has 0 aromatic heterocycles. The fourth-order valence-corrected chi connectivity index (χ4v) is 3.47. The van der Waals surface area contributed by atoms with Crippen LogP contribution < -0.4 is 5.32 Å². The number of rotatable bonds is 3. The van der Waals surface area contributed by atoms with E-state index in [0.29, 0.717) is 10.5 Å². The van der Waals surface area contributed by atoms with Gasteiger partial charge in [0.2, 0.25) is 0 Å². The maximum atomic E-state index is 14.3. The van der Waals surface area contributed by atoms with Crippen molar-refractivity contribution in [2.24, 2.45) is 0 Å². The Morgan fingerprint density at radius 1 is 1.19 bits per heavy atom. The lowest BCUT2D eigenvalue weighted by Gasteiger charge is -2.49. The Kier molecular flexibility index (Phi) is 4.62. The standard InChI is InChI=1S/C18H16ClF3N2O2/c1-11(12-6-4-3-5-7-12)24-16(25)23-15-9-8-13(19)10-14(15)17(24,26-2)18(20,21)22/h3-11H,1-2H3,(H,23,25)/t11-,17?/m1/s1. The van der Waals surface area contributed by atoms with Gasteiger partial charge in [-0.2, -0.15) is 13.2 Å². The Labute approximate surface area is 153 Å². The van der Waals surface area contributed by atoms with E-state index < -0.39 is 24.0 Å². The fourth-order valence-electron chi connectivity index (χ4n) is 3.30. The Morgan fingerprint density at radius 3 is 2.42 bits per heavy atom. The molecule has 3 rings (SSSR count). The summed E-state index contributed by atoms with van der Waals surface area (Å²) in [7, 11) is 0.932. The van der Waals surface area contributed by atoms with Crippen LogP contribution in [-0.4, -0.2) is 24.2 Å². The first kappa shape index (κ1) is 18.5. The topological polar surface area (TPSA) is 41.6 Å². The minimum atomic E-state index is -4.90. The summed E-state index contributed by atoms with van der Waals surface area (Å²) in [4.78, 5) is 13.3. The molecular weight excluding hydrogens is 369 g/mol. The molecule has 1 aliphatic rings. The summed E-state index contributed by atoms with van der Waals surface area (Å²) in [6.45, 7) is 1.52. The average molecular weight is 385 g/mol. The van der Waals surface area contributed by atoms with Gasteiger partial charge in [0.25, 0.3) is 5.72 Å². The van der Waals surface area contributed by atoms with Crippen LogP contribution in [0.3, 0.4) is 0 Å². The van der Waals surface area contributed by atoms with Crippen LogP contribution in [0.25, 0.3) is 0 Å². The SMILES string of the molecule is COC1(C(F)(F)F)c2cc(Cl)ccc2NC(=O)N1[C@H](C)c1ccccc1. The number of urea groups is 1. The smallest absolute Gasteiger partial charge is 0.347 e. The Hall–Kier alpha value is -2.25. The summed E-state index contributed by atoms with van der Waals surface area (Å²) in [5.41, 5.74) is -2.68. The van der Waals surface area contributed by atoms with Gasteiger partial charge >= 0.3 is 12.2 Å². The molecule has 2 aromatic carbocycles. The second kappa shape index (κ2) is 6.48. The minimum Gasteiger partial charge on any atom is -0.347 e. The first-order valence-electron chi connectivity index (χ1n) is 7.79. The van der Waals surface area contributed by atoms with Gasteiger partial charge in [0.15, 0.2) is 0 Å². The van der Waals surface area contributed by atoms with Crippen LogP contribution in [0.1, 0.15) is 24.1 Å². The maximum absolute atomic E-state index is 14.3. The van der Waals surface area contributed by atoms with E-state index in [1.807, 2.05) is 0 Å². The summed E-state index contributed by atoms with van der Waals surface area (Å²) in [6, 6.07) is 10.5. The van der Waals surface area contributed by atoms with E-state index in [2.05, 4.69) is 5.32 Å². The number of alkyl halides is 3. The molecule has 2 atom stereocenters. The molecule has 4 nitrogen and oxygen atoms in total. The van der Waals surface area contributed by atoms with Gasteiger partial charge in [-0.05, 0) is 30.7 Å². The Bertz CT molecular complexity index is 829. The molecule has 0 spiro atoms. The number of nitrogens with one attached hydrogen (secondary N) is 1. The number of hydrogen-bond acceptors (Lipinski definition) is 2. The van der Waals surface area contributed by atoms with Gasteiger partial charge in [-0.25, -0.2) is 4.79 Å². The molecule has 2 aromatic rings. The van der Waals surface area contributed by atoms with E-state index in [4.69, 9.17) is 16.3 Å². The number of carbonyl (C=O) groups excluding carboxylic acids is 1. The van der Waals surface area contributed by atoms with E-state index in [-0.39, 0.29) is 16.3 Å². The van der Waals surface area contributed by atoms with Crippen molar-refractivity contribution in [1.82, 2.24) is 4.90 Å². The van der Waals surface area contributed by atoms with Crippen molar-refractivity contribution in [3.8, 4) is 0 Å². The molecule has 138 valence electrons. The minimum absolute atomic E-state index is 0.00934. The van der Waals surface area contributed by atoms with Crippen LogP contribution in [0.2, 0.25) is 5.02 Å². The zero-order valence-electron chi connectivity index (χ0n) is 14.0. The average Bonchev–Trinajstić information content (AvgIpc) is 2.60. The van der Waals surface area contributed by atoms with Crippen molar-refractivity contribution in [3.63, 3.8) is 0 Å². The van der Waals surface area contributed by atoms with E-state index in [1.165, 1.54) is 19.1 Å². The Balaban J connectivity index is 2.27. The van der Waals surface area contributed by atoms with Gasteiger partial charge in [0.1, 0.15) is 0 Å². The Morgan fingerprint density at radius 2 is 1.85 bits per heavy atom. The first-order chi connectivity index (χ1) is 12.2. The van der Waals surface area contributed by atoms with Crippen LogP contribution >= 0.6 is 11.6 Å². The number of halogens is 4. The number of methoxy groups -OCH3 is 1. The second-order valence-corrected chi connectivity index (χ2v) is 6.36. The number of fused-ring (bicyclic) bond motifs is 1. The molecule has 2 amide bonds. The van der Waals surface area contributed by atoms with Crippen molar-refractivity contribution >= 4 is 23.3 Å². The summed E-state index contributed by atoms with van der Waals surface area (Å²) in [6.07, 6.45) is -4.90. The van der Waals surface area contributed by atoms with Crippen molar-refractivity contribution in [3.05, 3.63) is 64.7 Å². The number of nitrogens with zero attached hydrogens (tertiary/aromatic N) is 1. The quantitative estimate of drug-likeness (QED) is 0.779. The van der Waals surface area contributed by atoms with E-state index >= 15 is 0 Å². The van der Waals surface area contributed by atoms with E-state index in [9.17, 15) is 18.0 Å². The molecule has 1 aliphatic heterocycles.